The predicted octanol–water partition coefficient (Wildman–Crippen LogP) is 1.23. The van der Waals surface area contributed by atoms with Crippen molar-refractivity contribution >= 4 is 29.0 Å². The van der Waals surface area contributed by atoms with Gasteiger partial charge < -0.3 is 16.5 Å². The van der Waals surface area contributed by atoms with Crippen molar-refractivity contribution in [1.29, 1.82) is 0 Å². The molecule has 122 valence electrons. The average Bonchev–Trinajstić information content (AvgIpc) is 3.00. The number of benzene rings is 2. The minimum absolute atomic E-state index is 0.170. The van der Waals surface area contributed by atoms with Crippen LogP contribution in [0.2, 0.25) is 0 Å². The van der Waals surface area contributed by atoms with E-state index in [2.05, 4.69) is 4.98 Å². The number of primary amides is 1. The molecule has 0 radical (unpaired) electrons. The summed E-state index contributed by atoms with van der Waals surface area (Å²) in [5.41, 5.74) is 14.9. The minimum atomic E-state index is -0.659. The fourth-order valence-corrected chi connectivity index (χ4v) is 2.69. The summed E-state index contributed by atoms with van der Waals surface area (Å²) in [4.78, 5) is 25.6. The highest BCUT2D eigenvalue weighted by atomic mass is 16.1. The number of nitrogens with one attached hydrogen (secondary N) is 1. The van der Waals surface area contributed by atoms with Crippen molar-refractivity contribution in [2.45, 2.75) is 6.54 Å². The molecule has 24 heavy (non-hydrogen) atoms. The maximum Gasteiger partial charge on any atom is 0.253 e. The number of aromatic nitrogens is 1. The highest BCUT2D eigenvalue weighted by Gasteiger charge is 2.19. The fourth-order valence-electron chi connectivity index (χ4n) is 2.69. The maximum atomic E-state index is 11.7. The lowest BCUT2D eigenvalue weighted by Gasteiger charge is -2.08. The first-order valence-electron chi connectivity index (χ1n) is 7.29. The summed E-state index contributed by atoms with van der Waals surface area (Å²) in [6.45, 7) is 0.485. The van der Waals surface area contributed by atoms with E-state index in [4.69, 9.17) is 17.3 Å². The molecule has 7 nitrogen and oxygen atoms in total. The summed E-state index contributed by atoms with van der Waals surface area (Å²) in [6.07, 6.45) is 0.406. The van der Waals surface area contributed by atoms with Crippen LogP contribution in [0.1, 0.15) is 15.9 Å². The molecule has 2 aromatic carbocycles. The normalized spacial score (nSPS) is 10.8. The molecule has 0 bridgehead atoms. The minimum Gasteiger partial charge on any atom is -0.365 e. The van der Waals surface area contributed by atoms with Gasteiger partial charge in [0.2, 0.25) is 6.41 Å². The van der Waals surface area contributed by atoms with Gasteiger partial charge >= 0.3 is 0 Å². The lowest BCUT2D eigenvalue weighted by molar-refractivity contribution is -0.107. The largest absolute Gasteiger partial charge is 0.365 e. The Bertz CT molecular complexity index is 915. The van der Waals surface area contributed by atoms with Gasteiger partial charge in [0.05, 0.1) is 5.56 Å². The zero-order valence-electron chi connectivity index (χ0n) is 12.8. The van der Waals surface area contributed by atoms with E-state index in [0.717, 1.165) is 21.7 Å². The number of rotatable bonds is 5. The summed E-state index contributed by atoms with van der Waals surface area (Å²) in [5.74, 6) is 5.10. The highest BCUT2D eigenvalue weighted by molar-refractivity contribution is 6.12. The molecular formula is C17H17N5O2. The van der Waals surface area contributed by atoms with Crippen LogP contribution in [0.4, 0.5) is 5.82 Å². The van der Waals surface area contributed by atoms with Gasteiger partial charge in [0.1, 0.15) is 5.82 Å². The number of H-pyrrole nitrogens is 1. The number of hydrazine groups is 1. The Morgan fingerprint density at radius 1 is 1.12 bits per heavy atom. The number of amides is 2. The molecule has 7 heteroatoms. The molecule has 0 saturated heterocycles. The quantitative estimate of drug-likeness (QED) is 0.243. The SMILES string of the molecule is NCc1ccc(-c2ccc3c(C(N)=O)c(N(N)C=O)[nH]c3c2)cc1. The topological polar surface area (TPSA) is 131 Å². The number of nitrogens with two attached hydrogens (primary N) is 3. The van der Waals surface area contributed by atoms with Crippen LogP contribution in [0, 0.1) is 0 Å². The van der Waals surface area contributed by atoms with Crippen molar-refractivity contribution in [2.75, 3.05) is 5.01 Å². The van der Waals surface area contributed by atoms with Crippen molar-refractivity contribution in [2.24, 2.45) is 17.3 Å². The number of hydrogen-bond acceptors (Lipinski definition) is 4. The molecule has 0 aliphatic carbocycles. The summed E-state index contributed by atoms with van der Waals surface area (Å²) in [6, 6.07) is 13.4. The van der Waals surface area contributed by atoms with Crippen molar-refractivity contribution in [3.8, 4) is 11.1 Å². The molecule has 0 fully saturated rings. The van der Waals surface area contributed by atoms with E-state index in [-0.39, 0.29) is 11.4 Å². The summed E-state index contributed by atoms with van der Waals surface area (Å²) < 4.78 is 0. The van der Waals surface area contributed by atoms with Crippen LogP contribution in [0.15, 0.2) is 42.5 Å². The van der Waals surface area contributed by atoms with Gasteiger partial charge in [-0.2, -0.15) is 0 Å². The Morgan fingerprint density at radius 3 is 2.38 bits per heavy atom. The first-order chi connectivity index (χ1) is 11.5. The Labute approximate surface area is 138 Å². The van der Waals surface area contributed by atoms with Crippen LogP contribution >= 0.6 is 0 Å². The third-order valence-electron chi connectivity index (χ3n) is 3.92. The van der Waals surface area contributed by atoms with E-state index in [0.29, 0.717) is 23.9 Å². The molecule has 0 unspecified atom stereocenters. The fraction of sp³-hybridized carbons (Fsp3) is 0.0588. The van der Waals surface area contributed by atoms with E-state index in [1.165, 1.54) is 0 Å². The van der Waals surface area contributed by atoms with Crippen LogP contribution in [0.5, 0.6) is 0 Å². The van der Waals surface area contributed by atoms with Crippen molar-refractivity contribution in [3.05, 3.63) is 53.6 Å². The number of aromatic amines is 1. The molecule has 1 heterocycles. The van der Waals surface area contributed by atoms with Gasteiger partial charge in [0, 0.05) is 17.4 Å². The molecular weight excluding hydrogens is 306 g/mol. The maximum absolute atomic E-state index is 11.7. The number of hydrogen-bond donors (Lipinski definition) is 4. The molecule has 0 aliphatic rings. The second kappa shape index (κ2) is 6.15. The number of anilines is 1. The zero-order valence-corrected chi connectivity index (χ0v) is 12.8. The number of carbonyl (C=O) groups excluding carboxylic acids is 2. The van der Waals surface area contributed by atoms with Crippen molar-refractivity contribution in [3.63, 3.8) is 0 Å². The lowest BCUT2D eigenvalue weighted by Crippen LogP contribution is -2.31. The molecule has 0 atom stereocenters. The predicted molar refractivity (Wildman–Crippen MR) is 92.9 cm³/mol. The van der Waals surface area contributed by atoms with Gasteiger partial charge in [0.25, 0.3) is 5.91 Å². The molecule has 2 amide bonds. The van der Waals surface area contributed by atoms with Crippen LogP contribution < -0.4 is 22.3 Å². The third-order valence-corrected chi connectivity index (χ3v) is 3.92. The van der Waals surface area contributed by atoms with Gasteiger partial charge in [0.15, 0.2) is 0 Å². The Morgan fingerprint density at radius 2 is 1.79 bits per heavy atom. The first-order valence-corrected chi connectivity index (χ1v) is 7.29. The molecule has 0 aliphatic heterocycles. The van der Waals surface area contributed by atoms with Gasteiger partial charge in [-0.05, 0) is 22.8 Å². The molecule has 0 saturated carbocycles. The lowest BCUT2D eigenvalue weighted by atomic mass is 10.0. The van der Waals surface area contributed by atoms with Crippen molar-refractivity contribution in [1.82, 2.24) is 4.98 Å². The van der Waals surface area contributed by atoms with E-state index in [9.17, 15) is 9.59 Å². The molecule has 1 aromatic heterocycles. The van der Waals surface area contributed by atoms with Crippen molar-refractivity contribution < 1.29 is 9.59 Å². The van der Waals surface area contributed by atoms with E-state index in [1.807, 2.05) is 36.4 Å². The number of fused-ring (bicyclic) bond motifs is 1. The molecule has 3 rings (SSSR count). The molecule has 0 spiro atoms. The standard InChI is InChI=1S/C17H17N5O2/c18-8-10-1-3-11(4-2-10)12-5-6-13-14(7-12)21-17(22(20)9-23)15(13)16(19)24/h1-7,9,21H,8,18,20H2,(H2,19,24). The van der Waals surface area contributed by atoms with Gasteiger partial charge in [-0.15, -0.1) is 0 Å². The van der Waals surface area contributed by atoms with Crippen LogP contribution in [0.3, 0.4) is 0 Å². The average molecular weight is 323 g/mol. The van der Waals surface area contributed by atoms with Gasteiger partial charge in [-0.25, -0.2) is 10.9 Å². The summed E-state index contributed by atoms with van der Waals surface area (Å²) in [5, 5.41) is 1.41. The number of carbonyl (C=O) groups is 2. The number of nitrogens with zero attached hydrogens (tertiary/aromatic N) is 1. The summed E-state index contributed by atoms with van der Waals surface area (Å²) >= 11 is 0. The third kappa shape index (κ3) is 2.62. The first kappa shape index (κ1) is 15.7. The Kier molecular flexibility index (Phi) is 4.03. The van der Waals surface area contributed by atoms with Gasteiger partial charge in [-0.3, -0.25) is 9.59 Å². The Hall–Kier alpha value is -3.16. The van der Waals surface area contributed by atoms with Crippen LogP contribution in [-0.4, -0.2) is 17.3 Å². The molecule has 7 N–H and O–H groups in total. The summed E-state index contributed by atoms with van der Waals surface area (Å²) in [7, 11) is 0. The highest BCUT2D eigenvalue weighted by Crippen LogP contribution is 2.31. The van der Waals surface area contributed by atoms with Gasteiger partial charge in [-0.1, -0.05) is 36.4 Å². The smallest absolute Gasteiger partial charge is 0.253 e. The van der Waals surface area contributed by atoms with E-state index in [1.54, 1.807) is 6.07 Å². The Balaban J connectivity index is 2.14. The van der Waals surface area contributed by atoms with Crippen LogP contribution in [-0.2, 0) is 11.3 Å². The zero-order chi connectivity index (χ0) is 17.3. The second-order valence-corrected chi connectivity index (χ2v) is 5.39. The van der Waals surface area contributed by atoms with E-state index >= 15 is 0 Å². The monoisotopic (exact) mass is 323 g/mol. The van der Waals surface area contributed by atoms with Crippen LogP contribution in [0.25, 0.3) is 22.0 Å². The molecule has 3 aromatic rings. The second-order valence-electron chi connectivity index (χ2n) is 5.39. The van der Waals surface area contributed by atoms with E-state index < -0.39 is 5.91 Å².